The number of nitrogens with one attached hydrogen (secondary N) is 1. The van der Waals surface area contributed by atoms with E-state index in [0.717, 1.165) is 11.0 Å². The summed E-state index contributed by atoms with van der Waals surface area (Å²) >= 11 is 3.54. The molecule has 0 aliphatic heterocycles. The second-order valence-corrected chi connectivity index (χ2v) is 5.21. The SMILES string of the molecule is CCn1cc(C(NC)c2ccc(Br)c(C)c2)cn1. The van der Waals surface area contributed by atoms with Crippen LogP contribution < -0.4 is 5.32 Å². The fraction of sp³-hybridized carbons (Fsp3) is 0.357. The molecule has 0 saturated carbocycles. The van der Waals surface area contributed by atoms with Gasteiger partial charge in [0.25, 0.3) is 0 Å². The number of nitrogens with zero attached hydrogens (tertiary/aromatic N) is 2. The van der Waals surface area contributed by atoms with E-state index in [1.807, 2.05) is 17.9 Å². The molecule has 1 aromatic heterocycles. The molecule has 0 aliphatic rings. The lowest BCUT2D eigenvalue weighted by Crippen LogP contribution is -2.17. The minimum absolute atomic E-state index is 0.192. The molecule has 4 heteroatoms. The predicted molar refractivity (Wildman–Crippen MR) is 77.7 cm³/mol. The first-order chi connectivity index (χ1) is 8.65. The lowest BCUT2D eigenvalue weighted by Gasteiger charge is -2.16. The van der Waals surface area contributed by atoms with Gasteiger partial charge in [0.15, 0.2) is 0 Å². The summed E-state index contributed by atoms with van der Waals surface area (Å²) in [4.78, 5) is 0. The van der Waals surface area contributed by atoms with Crippen molar-refractivity contribution in [2.75, 3.05) is 7.05 Å². The molecule has 1 atom stereocenters. The molecule has 1 N–H and O–H groups in total. The minimum Gasteiger partial charge on any atom is -0.309 e. The summed E-state index contributed by atoms with van der Waals surface area (Å²) in [6.45, 7) is 5.10. The number of hydrogen-bond donors (Lipinski definition) is 1. The fourth-order valence-corrected chi connectivity index (χ4v) is 2.32. The van der Waals surface area contributed by atoms with Gasteiger partial charge in [-0.05, 0) is 38.1 Å². The molecule has 96 valence electrons. The van der Waals surface area contributed by atoms with Crippen LogP contribution in [0.5, 0.6) is 0 Å². The van der Waals surface area contributed by atoms with Crippen LogP contribution in [0.4, 0.5) is 0 Å². The van der Waals surface area contributed by atoms with Gasteiger partial charge in [-0.2, -0.15) is 5.10 Å². The first-order valence-corrected chi connectivity index (χ1v) is 6.90. The topological polar surface area (TPSA) is 29.9 Å². The maximum Gasteiger partial charge on any atom is 0.0605 e. The quantitative estimate of drug-likeness (QED) is 0.939. The van der Waals surface area contributed by atoms with Crippen LogP contribution in [0, 0.1) is 6.92 Å². The zero-order chi connectivity index (χ0) is 13.1. The fourth-order valence-electron chi connectivity index (χ4n) is 2.07. The highest BCUT2D eigenvalue weighted by Gasteiger charge is 2.14. The maximum absolute atomic E-state index is 4.34. The molecule has 0 aliphatic carbocycles. The Labute approximate surface area is 116 Å². The first-order valence-electron chi connectivity index (χ1n) is 6.11. The molecule has 2 rings (SSSR count). The third-order valence-corrected chi connectivity index (χ3v) is 4.00. The number of aryl methyl sites for hydroxylation is 2. The van der Waals surface area contributed by atoms with E-state index in [2.05, 4.69) is 64.6 Å². The summed E-state index contributed by atoms with van der Waals surface area (Å²) in [5, 5.41) is 7.69. The Morgan fingerprint density at radius 1 is 1.39 bits per heavy atom. The molecule has 0 radical (unpaired) electrons. The minimum atomic E-state index is 0.192. The molecule has 0 saturated heterocycles. The van der Waals surface area contributed by atoms with Crippen LogP contribution in [0.15, 0.2) is 35.1 Å². The Bertz CT molecular complexity index is 534. The molecule has 3 nitrogen and oxygen atoms in total. The smallest absolute Gasteiger partial charge is 0.0605 e. The van der Waals surface area contributed by atoms with Gasteiger partial charge in [-0.3, -0.25) is 4.68 Å². The molecule has 18 heavy (non-hydrogen) atoms. The Balaban J connectivity index is 2.35. The normalized spacial score (nSPS) is 12.7. The molecule has 1 aromatic carbocycles. The van der Waals surface area contributed by atoms with Crippen LogP contribution >= 0.6 is 15.9 Å². The highest BCUT2D eigenvalue weighted by Crippen LogP contribution is 2.25. The van der Waals surface area contributed by atoms with Crippen molar-refractivity contribution in [3.8, 4) is 0 Å². The van der Waals surface area contributed by atoms with Crippen molar-refractivity contribution >= 4 is 15.9 Å². The monoisotopic (exact) mass is 307 g/mol. The molecular weight excluding hydrogens is 290 g/mol. The summed E-state index contributed by atoms with van der Waals surface area (Å²) in [7, 11) is 1.98. The molecule has 0 fully saturated rings. The first kappa shape index (κ1) is 13.3. The number of halogens is 1. The van der Waals surface area contributed by atoms with E-state index in [1.165, 1.54) is 16.7 Å². The zero-order valence-corrected chi connectivity index (χ0v) is 12.5. The van der Waals surface area contributed by atoms with E-state index in [-0.39, 0.29) is 6.04 Å². The van der Waals surface area contributed by atoms with Gasteiger partial charge in [0.2, 0.25) is 0 Å². The Hall–Kier alpha value is -1.13. The molecule has 0 amide bonds. The van der Waals surface area contributed by atoms with Crippen LogP contribution in [0.2, 0.25) is 0 Å². The van der Waals surface area contributed by atoms with Gasteiger partial charge in [-0.25, -0.2) is 0 Å². The van der Waals surface area contributed by atoms with Crippen LogP contribution in [0.3, 0.4) is 0 Å². The molecule has 1 unspecified atom stereocenters. The summed E-state index contributed by atoms with van der Waals surface area (Å²) in [6, 6.07) is 6.63. The van der Waals surface area contributed by atoms with Crippen LogP contribution in [0.1, 0.15) is 29.7 Å². The van der Waals surface area contributed by atoms with Gasteiger partial charge in [-0.1, -0.05) is 28.1 Å². The average molecular weight is 308 g/mol. The van der Waals surface area contributed by atoms with Crippen molar-refractivity contribution in [2.24, 2.45) is 0 Å². The maximum atomic E-state index is 4.34. The van der Waals surface area contributed by atoms with E-state index in [4.69, 9.17) is 0 Å². The standard InChI is InChI=1S/C14H18BrN3/c1-4-18-9-12(8-17-18)14(16-3)11-5-6-13(15)10(2)7-11/h5-9,14,16H,4H2,1-3H3. The second-order valence-electron chi connectivity index (χ2n) is 4.36. The summed E-state index contributed by atoms with van der Waals surface area (Å²) in [5.74, 6) is 0. The molecular formula is C14H18BrN3. The van der Waals surface area contributed by atoms with E-state index in [9.17, 15) is 0 Å². The molecule has 2 aromatic rings. The molecule has 1 heterocycles. The van der Waals surface area contributed by atoms with Crippen LogP contribution in [-0.2, 0) is 6.54 Å². The zero-order valence-electron chi connectivity index (χ0n) is 10.9. The highest BCUT2D eigenvalue weighted by atomic mass is 79.9. The van der Waals surface area contributed by atoms with Crippen LogP contribution in [-0.4, -0.2) is 16.8 Å². The summed E-state index contributed by atoms with van der Waals surface area (Å²) < 4.78 is 3.09. The van der Waals surface area contributed by atoms with Gasteiger partial charge in [0, 0.05) is 22.8 Å². The van der Waals surface area contributed by atoms with Crippen molar-refractivity contribution in [3.63, 3.8) is 0 Å². The van der Waals surface area contributed by atoms with E-state index in [0.29, 0.717) is 0 Å². The molecule has 0 spiro atoms. The Morgan fingerprint density at radius 3 is 2.72 bits per heavy atom. The largest absolute Gasteiger partial charge is 0.309 e. The summed E-state index contributed by atoms with van der Waals surface area (Å²) in [6.07, 6.45) is 4.03. The van der Waals surface area contributed by atoms with Crippen LogP contribution in [0.25, 0.3) is 0 Å². The van der Waals surface area contributed by atoms with Crippen molar-refractivity contribution in [1.82, 2.24) is 15.1 Å². The van der Waals surface area contributed by atoms with E-state index in [1.54, 1.807) is 0 Å². The summed E-state index contributed by atoms with van der Waals surface area (Å²) in [5.41, 5.74) is 3.70. The van der Waals surface area contributed by atoms with Gasteiger partial charge in [-0.15, -0.1) is 0 Å². The second kappa shape index (κ2) is 5.67. The van der Waals surface area contributed by atoms with Gasteiger partial charge in [0.1, 0.15) is 0 Å². The predicted octanol–water partition coefficient (Wildman–Crippen LogP) is 3.28. The molecule has 0 bridgehead atoms. The highest BCUT2D eigenvalue weighted by molar-refractivity contribution is 9.10. The van der Waals surface area contributed by atoms with Crippen molar-refractivity contribution in [1.29, 1.82) is 0 Å². The van der Waals surface area contributed by atoms with E-state index < -0.39 is 0 Å². The van der Waals surface area contributed by atoms with Crippen molar-refractivity contribution in [3.05, 3.63) is 51.8 Å². The van der Waals surface area contributed by atoms with Crippen molar-refractivity contribution in [2.45, 2.75) is 26.4 Å². The number of benzene rings is 1. The Kier molecular flexibility index (Phi) is 4.19. The van der Waals surface area contributed by atoms with Crippen molar-refractivity contribution < 1.29 is 0 Å². The lowest BCUT2D eigenvalue weighted by molar-refractivity contribution is 0.653. The lowest BCUT2D eigenvalue weighted by atomic mass is 10.0. The third kappa shape index (κ3) is 2.65. The Morgan fingerprint density at radius 2 is 2.17 bits per heavy atom. The number of hydrogen-bond acceptors (Lipinski definition) is 2. The average Bonchev–Trinajstić information content (AvgIpc) is 2.83. The van der Waals surface area contributed by atoms with Gasteiger partial charge < -0.3 is 5.32 Å². The number of rotatable bonds is 4. The van der Waals surface area contributed by atoms with Gasteiger partial charge in [0.05, 0.1) is 12.2 Å². The van der Waals surface area contributed by atoms with Gasteiger partial charge >= 0.3 is 0 Å². The number of aromatic nitrogens is 2. The van der Waals surface area contributed by atoms with E-state index >= 15 is 0 Å². The third-order valence-electron chi connectivity index (χ3n) is 3.11.